The first-order chi connectivity index (χ1) is 14.0. The van der Waals surface area contributed by atoms with Crippen molar-refractivity contribution < 1.29 is 5.11 Å². The number of aromatic nitrogens is 3. The van der Waals surface area contributed by atoms with Gasteiger partial charge in [-0.25, -0.2) is 0 Å². The smallest absolute Gasteiger partial charge is 0.119 e. The van der Waals surface area contributed by atoms with Gasteiger partial charge in [0.15, 0.2) is 0 Å². The molecule has 0 saturated heterocycles. The van der Waals surface area contributed by atoms with Gasteiger partial charge in [-0.1, -0.05) is 83.9 Å². The summed E-state index contributed by atoms with van der Waals surface area (Å²) in [6.07, 6.45) is 3.51. The highest BCUT2D eigenvalue weighted by molar-refractivity contribution is 6.35. The highest BCUT2D eigenvalue weighted by Crippen LogP contribution is 2.33. The number of hydrogen-bond donors (Lipinski definition) is 1. The molecule has 3 aromatic carbocycles. The lowest BCUT2D eigenvalue weighted by atomic mass is 9.86. The van der Waals surface area contributed by atoms with E-state index in [2.05, 4.69) is 22.3 Å². The molecule has 0 radical (unpaired) electrons. The summed E-state index contributed by atoms with van der Waals surface area (Å²) in [7, 11) is 0. The van der Waals surface area contributed by atoms with Crippen molar-refractivity contribution in [2.24, 2.45) is 0 Å². The fourth-order valence-corrected chi connectivity index (χ4v) is 3.91. The van der Waals surface area contributed by atoms with E-state index < -0.39 is 5.60 Å². The average Bonchev–Trinajstić information content (AvgIpc) is 3.24. The van der Waals surface area contributed by atoms with Gasteiger partial charge in [0.05, 0.1) is 6.54 Å². The van der Waals surface area contributed by atoms with E-state index in [4.69, 9.17) is 23.2 Å². The second-order valence-electron chi connectivity index (χ2n) is 7.02. The number of rotatable bonds is 6. The van der Waals surface area contributed by atoms with Gasteiger partial charge in [0.1, 0.15) is 18.3 Å². The Labute approximate surface area is 179 Å². The third-order valence-electron chi connectivity index (χ3n) is 4.94. The lowest BCUT2D eigenvalue weighted by Gasteiger charge is -2.30. The molecule has 1 heterocycles. The molecule has 6 heteroatoms. The maximum absolute atomic E-state index is 11.7. The molecule has 4 nitrogen and oxygen atoms in total. The Morgan fingerprint density at radius 2 is 1.48 bits per heavy atom. The number of aliphatic hydroxyl groups is 1. The Hall–Kier alpha value is -2.66. The van der Waals surface area contributed by atoms with E-state index >= 15 is 0 Å². The van der Waals surface area contributed by atoms with Crippen LogP contribution in [0.4, 0.5) is 0 Å². The van der Waals surface area contributed by atoms with Gasteiger partial charge in [0.2, 0.25) is 0 Å². The molecular formula is C23H19Cl2N3O. The molecule has 0 aliphatic carbocycles. The van der Waals surface area contributed by atoms with Crippen molar-refractivity contribution in [3.63, 3.8) is 0 Å². The van der Waals surface area contributed by atoms with Crippen LogP contribution in [-0.4, -0.2) is 19.9 Å². The summed E-state index contributed by atoms with van der Waals surface area (Å²) in [6, 6.07) is 23.4. The van der Waals surface area contributed by atoms with Gasteiger partial charge in [-0.05, 0) is 34.4 Å². The minimum Gasteiger partial charge on any atom is -0.383 e. The standard InChI is InChI=1S/C23H19Cl2N3O/c24-21-11-8-19(22(25)12-21)13-23(29,14-28-15-26-27-16-28)20-9-6-18(7-10-20)17-4-2-1-3-5-17/h1-12,15-16,29H,13-14H2. The van der Waals surface area contributed by atoms with Crippen LogP contribution in [0.1, 0.15) is 11.1 Å². The molecule has 29 heavy (non-hydrogen) atoms. The first kappa shape index (κ1) is 19.6. The number of halogens is 2. The molecule has 0 aliphatic heterocycles. The summed E-state index contributed by atoms with van der Waals surface area (Å²) in [5.74, 6) is 0. The zero-order valence-corrected chi connectivity index (χ0v) is 17.1. The van der Waals surface area contributed by atoms with Gasteiger partial charge < -0.3 is 9.67 Å². The van der Waals surface area contributed by atoms with Crippen molar-refractivity contribution in [1.29, 1.82) is 0 Å². The quantitative estimate of drug-likeness (QED) is 0.452. The van der Waals surface area contributed by atoms with Crippen molar-refractivity contribution in [3.05, 3.63) is 107 Å². The lowest BCUT2D eigenvalue weighted by molar-refractivity contribution is 0.0185. The van der Waals surface area contributed by atoms with Crippen LogP contribution < -0.4 is 0 Å². The zero-order valence-electron chi connectivity index (χ0n) is 15.5. The van der Waals surface area contributed by atoms with Gasteiger partial charge >= 0.3 is 0 Å². The van der Waals surface area contributed by atoms with Gasteiger partial charge in [-0.15, -0.1) is 10.2 Å². The monoisotopic (exact) mass is 423 g/mol. The maximum atomic E-state index is 11.7. The number of benzene rings is 3. The van der Waals surface area contributed by atoms with Crippen molar-refractivity contribution in [2.45, 2.75) is 18.6 Å². The number of nitrogens with zero attached hydrogens (tertiary/aromatic N) is 3. The molecule has 4 aromatic rings. The van der Waals surface area contributed by atoms with Crippen LogP contribution in [-0.2, 0) is 18.6 Å². The van der Waals surface area contributed by atoms with Crippen LogP contribution in [0.2, 0.25) is 10.0 Å². The zero-order chi connectivity index (χ0) is 20.3. The van der Waals surface area contributed by atoms with E-state index in [9.17, 15) is 5.11 Å². The molecule has 0 fully saturated rings. The van der Waals surface area contributed by atoms with Crippen LogP contribution in [0.3, 0.4) is 0 Å². The van der Waals surface area contributed by atoms with Crippen molar-refractivity contribution >= 4 is 23.2 Å². The second kappa shape index (κ2) is 8.37. The van der Waals surface area contributed by atoms with Crippen LogP contribution >= 0.6 is 23.2 Å². The first-order valence-corrected chi connectivity index (χ1v) is 9.94. The predicted octanol–water partition coefficient (Wildman–Crippen LogP) is 5.38. The van der Waals surface area contributed by atoms with E-state index in [1.807, 2.05) is 48.5 Å². The van der Waals surface area contributed by atoms with Crippen LogP contribution in [0.5, 0.6) is 0 Å². The molecule has 146 valence electrons. The topological polar surface area (TPSA) is 50.9 Å². The Morgan fingerprint density at radius 1 is 0.828 bits per heavy atom. The summed E-state index contributed by atoms with van der Waals surface area (Å²) in [4.78, 5) is 0. The van der Waals surface area contributed by atoms with Crippen molar-refractivity contribution in [3.8, 4) is 11.1 Å². The first-order valence-electron chi connectivity index (χ1n) is 9.18. The summed E-state index contributed by atoms with van der Waals surface area (Å²) >= 11 is 12.4. The van der Waals surface area contributed by atoms with Crippen LogP contribution in [0, 0.1) is 0 Å². The molecule has 0 bridgehead atoms. The molecule has 0 saturated carbocycles. The minimum atomic E-state index is -1.20. The molecule has 0 spiro atoms. The van der Waals surface area contributed by atoms with E-state index in [0.717, 1.165) is 22.3 Å². The van der Waals surface area contributed by atoms with Crippen LogP contribution in [0.15, 0.2) is 85.5 Å². The Kier molecular flexibility index (Phi) is 5.67. The Balaban J connectivity index is 1.69. The fraction of sp³-hybridized carbons (Fsp3) is 0.130. The largest absolute Gasteiger partial charge is 0.383 e. The summed E-state index contributed by atoms with van der Waals surface area (Å²) in [5.41, 5.74) is 2.62. The van der Waals surface area contributed by atoms with Crippen LogP contribution in [0.25, 0.3) is 11.1 Å². The second-order valence-corrected chi connectivity index (χ2v) is 7.87. The van der Waals surface area contributed by atoms with E-state index in [0.29, 0.717) is 23.0 Å². The molecule has 0 amide bonds. The molecular weight excluding hydrogens is 405 g/mol. The molecule has 1 N–H and O–H groups in total. The average molecular weight is 424 g/mol. The predicted molar refractivity (Wildman–Crippen MR) is 116 cm³/mol. The third kappa shape index (κ3) is 4.51. The number of hydrogen-bond acceptors (Lipinski definition) is 3. The summed E-state index contributed by atoms with van der Waals surface area (Å²) in [6.45, 7) is 0.295. The van der Waals surface area contributed by atoms with Gasteiger partial charge in [-0.2, -0.15) is 0 Å². The maximum Gasteiger partial charge on any atom is 0.119 e. The molecule has 1 aromatic heterocycles. The van der Waals surface area contributed by atoms with Crippen molar-refractivity contribution in [1.82, 2.24) is 14.8 Å². The minimum absolute atomic E-state index is 0.295. The molecule has 1 atom stereocenters. The highest BCUT2D eigenvalue weighted by atomic mass is 35.5. The van der Waals surface area contributed by atoms with Gasteiger partial charge in [0, 0.05) is 16.5 Å². The van der Waals surface area contributed by atoms with E-state index in [-0.39, 0.29) is 0 Å². The Morgan fingerprint density at radius 3 is 2.14 bits per heavy atom. The third-order valence-corrected chi connectivity index (χ3v) is 5.53. The highest BCUT2D eigenvalue weighted by Gasteiger charge is 2.31. The van der Waals surface area contributed by atoms with Crippen molar-refractivity contribution in [2.75, 3.05) is 0 Å². The summed E-state index contributed by atoms with van der Waals surface area (Å²) < 4.78 is 1.76. The SMILES string of the molecule is OC(Cc1ccc(Cl)cc1Cl)(Cn1cnnc1)c1ccc(-c2ccccc2)cc1. The Bertz CT molecular complexity index is 1080. The van der Waals surface area contributed by atoms with E-state index in [1.54, 1.807) is 29.4 Å². The van der Waals surface area contributed by atoms with Gasteiger partial charge in [-0.3, -0.25) is 0 Å². The molecule has 1 unspecified atom stereocenters. The lowest BCUT2D eigenvalue weighted by Crippen LogP contribution is -2.33. The van der Waals surface area contributed by atoms with Gasteiger partial charge in [0.25, 0.3) is 0 Å². The fourth-order valence-electron chi connectivity index (χ4n) is 3.44. The molecule has 0 aliphatic rings. The normalized spacial score (nSPS) is 13.2. The summed E-state index contributed by atoms with van der Waals surface area (Å²) in [5, 5.41) is 20.5. The van der Waals surface area contributed by atoms with E-state index in [1.165, 1.54) is 0 Å². The molecule has 4 rings (SSSR count).